The van der Waals surface area contributed by atoms with Crippen LogP contribution in [0.3, 0.4) is 0 Å². The third-order valence-corrected chi connectivity index (χ3v) is 3.18. The summed E-state index contributed by atoms with van der Waals surface area (Å²) in [5.41, 5.74) is 6.47. The lowest BCUT2D eigenvalue weighted by Crippen LogP contribution is -2.11. The van der Waals surface area contributed by atoms with E-state index in [2.05, 4.69) is 10.1 Å². The van der Waals surface area contributed by atoms with Gasteiger partial charge in [0.1, 0.15) is 11.5 Å². The van der Waals surface area contributed by atoms with Crippen LogP contribution in [0.1, 0.15) is 25.2 Å². The number of hydrogen-bond acceptors (Lipinski definition) is 6. The standard InChI is InChI=1S/C14H19N3O3/c1-4-9(8-15)14-16-13(17-20-14)10-5-11(18-2)7-12(6-10)19-3/h5-7,9H,4,8,15H2,1-3H3. The number of nitrogens with zero attached hydrogens (tertiary/aromatic N) is 2. The third kappa shape index (κ3) is 2.91. The average Bonchev–Trinajstić information content (AvgIpc) is 2.97. The fraction of sp³-hybridized carbons (Fsp3) is 0.429. The van der Waals surface area contributed by atoms with Crippen LogP contribution in [0.4, 0.5) is 0 Å². The Morgan fingerprint density at radius 3 is 2.35 bits per heavy atom. The number of benzene rings is 1. The van der Waals surface area contributed by atoms with Gasteiger partial charge in [-0.25, -0.2) is 0 Å². The highest BCUT2D eigenvalue weighted by atomic mass is 16.5. The molecule has 1 unspecified atom stereocenters. The van der Waals surface area contributed by atoms with E-state index in [1.165, 1.54) is 0 Å². The van der Waals surface area contributed by atoms with Crippen LogP contribution in [-0.4, -0.2) is 30.9 Å². The van der Waals surface area contributed by atoms with E-state index in [0.29, 0.717) is 29.8 Å². The monoisotopic (exact) mass is 277 g/mol. The minimum Gasteiger partial charge on any atom is -0.497 e. The summed E-state index contributed by atoms with van der Waals surface area (Å²) in [6.07, 6.45) is 0.861. The van der Waals surface area contributed by atoms with Gasteiger partial charge in [-0.15, -0.1) is 0 Å². The van der Waals surface area contributed by atoms with E-state index < -0.39 is 0 Å². The lowest BCUT2D eigenvalue weighted by molar-refractivity contribution is 0.351. The first-order valence-corrected chi connectivity index (χ1v) is 6.48. The van der Waals surface area contributed by atoms with Crippen molar-refractivity contribution in [3.8, 4) is 22.9 Å². The molecule has 0 aliphatic heterocycles. The second-order valence-electron chi connectivity index (χ2n) is 4.40. The Hall–Kier alpha value is -2.08. The van der Waals surface area contributed by atoms with Crippen molar-refractivity contribution in [1.29, 1.82) is 0 Å². The maximum Gasteiger partial charge on any atom is 0.231 e. The number of aromatic nitrogens is 2. The van der Waals surface area contributed by atoms with E-state index in [4.69, 9.17) is 19.7 Å². The van der Waals surface area contributed by atoms with E-state index >= 15 is 0 Å². The second-order valence-corrected chi connectivity index (χ2v) is 4.40. The summed E-state index contributed by atoms with van der Waals surface area (Å²) in [6, 6.07) is 5.46. The van der Waals surface area contributed by atoms with E-state index in [9.17, 15) is 0 Å². The molecule has 2 aromatic rings. The zero-order chi connectivity index (χ0) is 14.5. The van der Waals surface area contributed by atoms with Gasteiger partial charge in [0.2, 0.25) is 11.7 Å². The van der Waals surface area contributed by atoms with Crippen molar-refractivity contribution in [3.63, 3.8) is 0 Å². The van der Waals surface area contributed by atoms with Crippen molar-refractivity contribution in [3.05, 3.63) is 24.1 Å². The molecule has 0 amide bonds. The highest BCUT2D eigenvalue weighted by Crippen LogP contribution is 2.29. The van der Waals surface area contributed by atoms with Crippen LogP contribution in [0.25, 0.3) is 11.4 Å². The summed E-state index contributed by atoms with van der Waals surface area (Å²) in [7, 11) is 3.20. The second kappa shape index (κ2) is 6.38. The lowest BCUT2D eigenvalue weighted by Gasteiger charge is -2.06. The molecule has 0 bridgehead atoms. The largest absolute Gasteiger partial charge is 0.497 e. The first-order chi connectivity index (χ1) is 9.71. The first-order valence-electron chi connectivity index (χ1n) is 6.48. The van der Waals surface area contributed by atoms with E-state index in [1.54, 1.807) is 20.3 Å². The lowest BCUT2D eigenvalue weighted by atomic mass is 10.1. The van der Waals surface area contributed by atoms with Crippen LogP contribution in [0.5, 0.6) is 11.5 Å². The fourth-order valence-corrected chi connectivity index (χ4v) is 1.90. The van der Waals surface area contributed by atoms with Gasteiger partial charge in [0.25, 0.3) is 0 Å². The van der Waals surface area contributed by atoms with Gasteiger partial charge in [0, 0.05) is 18.2 Å². The summed E-state index contributed by atoms with van der Waals surface area (Å²) in [6.45, 7) is 2.52. The predicted octanol–water partition coefficient (Wildman–Crippen LogP) is 2.21. The molecule has 0 aliphatic carbocycles. The Bertz CT molecular complexity index is 542. The van der Waals surface area contributed by atoms with Gasteiger partial charge in [-0.2, -0.15) is 4.98 Å². The van der Waals surface area contributed by atoms with Crippen LogP contribution < -0.4 is 15.2 Å². The minimum atomic E-state index is 0.0868. The Kier molecular flexibility index (Phi) is 4.57. The van der Waals surface area contributed by atoms with Gasteiger partial charge in [-0.3, -0.25) is 0 Å². The third-order valence-electron chi connectivity index (χ3n) is 3.18. The summed E-state index contributed by atoms with van der Waals surface area (Å²) < 4.78 is 15.7. The Morgan fingerprint density at radius 1 is 1.20 bits per heavy atom. The average molecular weight is 277 g/mol. The smallest absolute Gasteiger partial charge is 0.231 e. The molecule has 0 aliphatic rings. The van der Waals surface area contributed by atoms with Crippen LogP contribution >= 0.6 is 0 Å². The first kappa shape index (κ1) is 14.3. The molecular formula is C14H19N3O3. The van der Waals surface area contributed by atoms with Crippen molar-refractivity contribution < 1.29 is 14.0 Å². The van der Waals surface area contributed by atoms with Crippen LogP contribution in [-0.2, 0) is 0 Å². The molecule has 1 atom stereocenters. The van der Waals surface area contributed by atoms with Crippen LogP contribution in [0.2, 0.25) is 0 Å². The Morgan fingerprint density at radius 2 is 1.85 bits per heavy atom. The van der Waals surface area contributed by atoms with Crippen molar-refractivity contribution >= 4 is 0 Å². The maximum absolute atomic E-state index is 5.69. The predicted molar refractivity (Wildman–Crippen MR) is 74.9 cm³/mol. The number of ether oxygens (including phenoxy) is 2. The van der Waals surface area contributed by atoms with Crippen molar-refractivity contribution in [1.82, 2.24) is 10.1 Å². The van der Waals surface area contributed by atoms with Crippen molar-refractivity contribution in [2.24, 2.45) is 5.73 Å². The molecular weight excluding hydrogens is 258 g/mol. The van der Waals surface area contributed by atoms with Gasteiger partial charge >= 0.3 is 0 Å². The SMILES string of the molecule is CCC(CN)c1nc(-c2cc(OC)cc(OC)c2)no1. The molecule has 0 fully saturated rings. The van der Waals surface area contributed by atoms with Gasteiger partial charge in [-0.1, -0.05) is 12.1 Å². The molecule has 0 spiro atoms. The van der Waals surface area contributed by atoms with E-state index in [0.717, 1.165) is 12.0 Å². The molecule has 0 saturated heterocycles. The minimum absolute atomic E-state index is 0.0868. The summed E-state index contributed by atoms with van der Waals surface area (Å²) in [4.78, 5) is 4.40. The normalized spacial score (nSPS) is 12.2. The Labute approximate surface area is 117 Å². The fourth-order valence-electron chi connectivity index (χ4n) is 1.90. The molecule has 6 heteroatoms. The zero-order valence-corrected chi connectivity index (χ0v) is 11.9. The zero-order valence-electron chi connectivity index (χ0n) is 11.9. The highest BCUT2D eigenvalue weighted by Gasteiger charge is 2.17. The molecule has 6 nitrogen and oxygen atoms in total. The van der Waals surface area contributed by atoms with Crippen LogP contribution in [0, 0.1) is 0 Å². The number of rotatable bonds is 6. The molecule has 2 N–H and O–H groups in total. The van der Waals surface area contributed by atoms with Gasteiger partial charge in [-0.05, 0) is 18.6 Å². The summed E-state index contributed by atoms with van der Waals surface area (Å²) in [5, 5.41) is 4.00. The Balaban J connectivity index is 2.36. The topological polar surface area (TPSA) is 83.4 Å². The number of nitrogens with two attached hydrogens (primary N) is 1. The maximum atomic E-state index is 5.69. The molecule has 108 valence electrons. The quantitative estimate of drug-likeness (QED) is 0.871. The summed E-state index contributed by atoms with van der Waals surface area (Å²) in [5.74, 6) is 2.51. The molecule has 0 saturated carbocycles. The molecule has 2 rings (SSSR count). The van der Waals surface area contributed by atoms with E-state index in [1.807, 2.05) is 19.1 Å². The van der Waals surface area contributed by atoms with Crippen molar-refractivity contribution in [2.45, 2.75) is 19.3 Å². The molecule has 1 heterocycles. The molecule has 1 aromatic heterocycles. The number of methoxy groups -OCH3 is 2. The highest BCUT2D eigenvalue weighted by molar-refractivity contribution is 5.60. The molecule has 0 radical (unpaired) electrons. The van der Waals surface area contributed by atoms with Gasteiger partial charge < -0.3 is 19.7 Å². The summed E-state index contributed by atoms with van der Waals surface area (Å²) >= 11 is 0. The van der Waals surface area contributed by atoms with Crippen LogP contribution in [0.15, 0.2) is 22.7 Å². The molecule has 1 aromatic carbocycles. The van der Waals surface area contributed by atoms with Gasteiger partial charge in [0.15, 0.2) is 0 Å². The van der Waals surface area contributed by atoms with Gasteiger partial charge in [0.05, 0.1) is 20.1 Å². The van der Waals surface area contributed by atoms with E-state index in [-0.39, 0.29) is 5.92 Å². The number of hydrogen-bond donors (Lipinski definition) is 1. The van der Waals surface area contributed by atoms with Crippen molar-refractivity contribution in [2.75, 3.05) is 20.8 Å². The molecule has 20 heavy (non-hydrogen) atoms.